The Morgan fingerprint density at radius 2 is 1.81 bits per heavy atom. The van der Waals surface area contributed by atoms with Crippen LogP contribution in [0.5, 0.6) is 0 Å². The van der Waals surface area contributed by atoms with Crippen molar-refractivity contribution in [2.75, 3.05) is 18.0 Å². The van der Waals surface area contributed by atoms with Crippen molar-refractivity contribution in [3.8, 4) is 6.07 Å². The molecule has 2 aliphatic rings. The molecule has 1 spiro atoms. The van der Waals surface area contributed by atoms with Gasteiger partial charge in [0.1, 0.15) is 6.07 Å². The first-order valence-corrected chi connectivity index (χ1v) is 8.64. The van der Waals surface area contributed by atoms with E-state index in [0.717, 1.165) is 29.9 Å². The maximum absolute atomic E-state index is 9.39. The van der Waals surface area contributed by atoms with Crippen LogP contribution in [-0.4, -0.2) is 13.1 Å². The van der Waals surface area contributed by atoms with Gasteiger partial charge < -0.3 is 4.90 Å². The standard InChI is InChI=1S/C18H23ClN2/c19-13-15-4-5-17(16(12-15)14-20)21-10-8-18(9-11-21)6-2-1-3-7-18/h4-5,12H,1-3,6-11,13H2. The molecule has 2 nitrogen and oxygen atoms in total. The molecule has 1 saturated carbocycles. The van der Waals surface area contributed by atoms with Gasteiger partial charge in [-0.25, -0.2) is 0 Å². The molecule has 3 heteroatoms. The number of nitrogens with zero attached hydrogens (tertiary/aromatic N) is 2. The molecule has 112 valence electrons. The molecule has 1 aliphatic carbocycles. The number of piperidine rings is 1. The summed E-state index contributed by atoms with van der Waals surface area (Å²) in [4.78, 5) is 2.40. The Balaban J connectivity index is 1.73. The second-order valence-corrected chi connectivity index (χ2v) is 6.91. The van der Waals surface area contributed by atoms with Crippen molar-refractivity contribution < 1.29 is 0 Å². The molecule has 21 heavy (non-hydrogen) atoms. The van der Waals surface area contributed by atoms with Crippen molar-refractivity contribution in [2.45, 2.75) is 50.8 Å². The highest BCUT2D eigenvalue weighted by Crippen LogP contribution is 2.45. The van der Waals surface area contributed by atoms with Crippen LogP contribution in [0.15, 0.2) is 18.2 Å². The van der Waals surface area contributed by atoms with Crippen molar-refractivity contribution in [3.63, 3.8) is 0 Å². The number of rotatable bonds is 2. The summed E-state index contributed by atoms with van der Waals surface area (Å²) in [5.74, 6) is 0.470. The predicted octanol–water partition coefficient (Wildman–Crippen LogP) is 4.85. The molecule has 0 unspecified atom stereocenters. The van der Waals surface area contributed by atoms with Crippen molar-refractivity contribution in [3.05, 3.63) is 29.3 Å². The van der Waals surface area contributed by atoms with Crippen LogP contribution < -0.4 is 4.90 Å². The zero-order valence-corrected chi connectivity index (χ0v) is 13.3. The van der Waals surface area contributed by atoms with Gasteiger partial charge in [0.05, 0.1) is 11.3 Å². The van der Waals surface area contributed by atoms with Crippen LogP contribution in [0.3, 0.4) is 0 Å². The minimum Gasteiger partial charge on any atom is -0.370 e. The number of halogens is 1. The third kappa shape index (κ3) is 3.04. The van der Waals surface area contributed by atoms with Gasteiger partial charge in [-0.3, -0.25) is 0 Å². The Bertz CT molecular complexity index is 531. The van der Waals surface area contributed by atoms with Crippen LogP contribution in [0.2, 0.25) is 0 Å². The van der Waals surface area contributed by atoms with Gasteiger partial charge in [-0.15, -0.1) is 11.6 Å². The first kappa shape index (κ1) is 14.7. The molecule has 2 fully saturated rings. The lowest BCUT2D eigenvalue weighted by Gasteiger charge is -2.45. The van der Waals surface area contributed by atoms with Crippen LogP contribution in [-0.2, 0) is 5.88 Å². The van der Waals surface area contributed by atoms with Crippen molar-refractivity contribution in [1.29, 1.82) is 5.26 Å². The summed E-state index contributed by atoms with van der Waals surface area (Å²) in [5.41, 5.74) is 3.50. The summed E-state index contributed by atoms with van der Waals surface area (Å²) in [6, 6.07) is 8.40. The van der Waals surface area contributed by atoms with E-state index in [9.17, 15) is 5.26 Å². The van der Waals surface area contributed by atoms with E-state index in [0.29, 0.717) is 11.3 Å². The molecule has 0 atom stereocenters. The minimum absolute atomic E-state index is 0.470. The van der Waals surface area contributed by atoms with Crippen molar-refractivity contribution >= 4 is 17.3 Å². The topological polar surface area (TPSA) is 27.0 Å². The molecule has 0 radical (unpaired) electrons. The fourth-order valence-electron chi connectivity index (χ4n) is 4.06. The molecule has 1 aliphatic heterocycles. The molecule has 0 amide bonds. The zero-order valence-electron chi connectivity index (χ0n) is 12.6. The Labute approximate surface area is 132 Å². The number of hydrogen-bond acceptors (Lipinski definition) is 2. The van der Waals surface area contributed by atoms with E-state index in [1.54, 1.807) is 0 Å². The smallest absolute Gasteiger partial charge is 0.101 e. The fraction of sp³-hybridized carbons (Fsp3) is 0.611. The third-order valence-electron chi connectivity index (χ3n) is 5.41. The Hall–Kier alpha value is -1.20. The number of alkyl halides is 1. The highest BCUT2D eigenvalue weighted by Gasteiger charge is 2.35. The van der Waals surface area contributed by atoms with Crippen molar-refractivity contribution in [1.82, 2.24) is 0 Å². The summed E-state index contributed by atoms with van der Waals surface area (Å²) in [5, 5.41) is 9.39. The summed E-state index contributed by atoms with van der Waals surface area (Å²) >= 11 is 5.87. The highest BCUT2D eigenvalue weighted by molar-refractivity contribution is 6.17. The molecular formula is C18H23ClN2. The van der Waals surface area contributed by atoms with E-state index >= 15 is 0 Å². The molecule has 3 rings (SSSR count). The van der Waals surface area contributed by atoms with E-state index in [2.05, 4.69) is 17.0 Å². The lowest BCUT2D eigenvalue weighted by Crippen LogP contribution is -2.41. The second-order valence-electron chi connectivity index (χ2n) is 6.64. The molecule has 0 N–H and O–H groups in total. The first-order chi connectivity index (χ1) is 10.3. The van der Waals surface area contributed by atoms with Gasteiger partial charge in [0, 0.05) is 19.0 Å². The Kier molecular flexibility index (Phi) is 4.40. The summed E-state index contributed by atoms with van der Waals surface area (Å²) < 4.78 is 0. The van der Waals surface area contributed by atoms with Gasteiger partial charge in [0.25, 0.3) is 0 Å². The van der Waals surface area contributed by atoms with Crippen molar-refractivity contribution in [2.24, 2.45) is 5.41 Å². The van der Waals surface area contributed by atoms with Crippen LogP contribution in [0.25, 0.3) is 0 Å². The molecule has 1 saturated heterocycles. The first-order valence-electron chi connectivity index (χ1n) is 8.10. The summed E-state index contributed by atoms with van der Waals surface area (Å²) in [6.45, 7) is 2.18. The minimum atomic E-state index is 0.470. The van der Waals surface area contributed by atoms with E-state index in [4.69, 9.17) is 11.6 Å². The average Bonchev–Trinajstić information content (AvgIpc) is 2.56. The van der Waals surface area contributed by atoms with E-state index in [1.165, 1.54) is 44.9 Å². The quantitative estimate of drug-likeness (QED) is 0.730. The third-order valence-corrected chi connectivity index (χ3v) is 5.72. The Morgan fingerprint density at radius 3 is 2.43 bits per heavy atom. The van der Waals surface area contributed by atoms with Gasteiger partial charge in [0.15, 0.2) is 0 Å². The Morgan fingerprint density at radius 1 is 1.10 bits per heavy atom. The molecule has 0 bridgehead atoms. The molecular weight excluding hydrogens is 280 g/mol. The molecule has 1 heterocycles. The van der Waals surface area contributed by atoms with Gasteiger partial charge in [-0.2, -0.15) is 5.26 Å². The van der Waals surface area contributed by atoms with E-state index in [1.807, 2.05) is 12.1 Å². The summed E-state index contributed by atoms with van der Waals surface area (Å²) in [6.07, 6.45) is 9.64. The largest absolute Gasteiger partial charge is 0.370 e. The SMILES string of the molecule is N#Cc1cc(CCl)ccc1N1CCC2(CCCCC2)CC1. The molecule has 1 aromatic carbocycles. The van der Waals surface area contributed by atoms with E-state index in [-0.39, 0.29) is 0 Å². The van der Waals surface area contributed by atoms with Crippen LogP contribution in [0.4, 0.5) is 5.69 Å². The van der Waals surface area contributed by atoms with Gasteiger partial charge >= 0.3 is 0 Å². The maximum Gasteiger partial charge on any atom is 0.101 e. The zero-order chi connectivity index (χ0) is 14.7. The number of hydrogen-bond donors (Lipinski definition) is 0. The summed E-state index contributed by atoms with van der Waals surface area (Å²) in [7, 11) is 0. The lowest BCUT2D eigenvalue weighted by molar-refractivity contribution is 0.144. The number of anilines is 1. The number of nitriles is 1. The highest BCUT2D eigenvalue weighted by atomic mass is 35.5. The van der Waals surface area contributed by atoms with Gasteiger partial charge in [-0.05, 0) is 48.8 Å². The lowest BCUT2D eigenvalue weighted by atomic mass is 9.68. The predicted molar refractivity (Wildman–Crippen MR) is 87.7 cm³/mol. The normalized spacial score (nSPS) is 21.2. The fourth-order valence-corrected chi connectivity index (χ4v) is 4.22. The van der Waals surface area contributed by atoms with Crippen LogP contribution in [0.1, 0.15) is 56.1 Å². The van der Waals surface area contributed by atoms with Gasteiger partial charge in [-0.1, -0.05) is 25.3 Å². The van der Waals surface area contributed by atoms with Crippen LogP contribution >= 0.6 is 11.6 Å². The monoisotopic (exact) mass is 302 g/mol. The van der Waals surface area contributed by atoms with Gasteiger partial charge in [0.2, 0.25) is 0 Å². The second kappa shape index (κ2) is 6.28. The average molecular weight is 303 g/mol. The molecule has 1 aromatic rings. The number of benzene rings is 1. The maximum atomic E-state index is 9.39. The van der Waals surface area contributed by atoms with Crippen LogP contribution in [0, 0.1) is 16.7 Å². The van der Waals surface area contributed by atoms with E-state index < -0.39 is 0 Å². The molecule has 0 aromatic heterocycles.